The number of ether oxygens (including phenoxy) is 2. The van der Waals surface area contributed by atoms with Crippen molar-refractivity contribution in [3.8, 4) is 5.75 Å². The third-order valence-electron chi connectivity index (χ3n) is 3.49. The van der Waals surface area contributed by atoms with Gasteiger partial charge in [0.05, 0.1) is 12.7 Å². The molecule has 0 aliphatic rings. The van der Waals surface area contributed by atoms with Gasteiger partial charge in [-0.05, 0) is 56.3 Å². The van der Waals surface area contributed by atoms with Crippen molar-refractivity contribution in [2.75, 3.05) is 12.4 Å². The first-order valence-corrected chi connectivity index (χ1v) is 7.67. The number of anilines is 1. The molecule has 0 saturated carbocycles. The average molecular weight is 341 g/mol. The zero-order valence-corrected chi connectivity index (χ0v) is 14.2. The Hall–Kier alpha value is -3.15. The highest BCUT2D eigenvalue weighted by atomic mass is 16.5. The molecule has 2 aromatic carbocycles. The van der Waals surface area contributed by atoms with Gasteiger partial charge in [-0.25, -0.2) is 4.79 Å². The van der Waals surface area contributed by atoms with Crippen LogP contribution in [0, 0.1) is 0 Å². The van der Waals surface area contributed by atoms with E-state index in [1.807, 2.05) is 0 Å². The van der Waals surface area contributed by atoms with Crippen molar-refractivity contribution in [1.82, 2.24) is 0 Å². The second-order valence-electron chi connectivity index (χ2n) is 5.40. The Labute approximate surface area is 145 Å². The van der Waals surface area contributed by atoms with Crippen LogP contribution < -0.4 is 10.1 Å². The van der Waals surface area contributed by atoms with Crippen molar-refractivity contribution in [3.05, 3.63) is 59.7 Å². The van der Waals surface area contributed by atoms with Crippen LogP contribution in [0.4, 0.5) is 5.69 Å². The van der Waals surface area contributed by atoms with Gasteiger partial charge in [0, 0.05) is 11.3 Å². The van der Waals surface area contributed by atoms with Crippen LogP contribution in [-0.2, 0) is 9.53 Å². The fourth-order valence-electron chi connectivity index (χ4n) is 2.11. The molecule has 0 saturated heterocycles. The molecular formula is C19H19NO5. The van der Waals surface area contributed by atoms with Gasteiger partial charge in [0.1, 0.15) is 5.75 Å². The van der Waals surface area contributed by atoms with Crippen LogP contribution in [-0.4, -0.2) is 30.9 Å². The summed E-state index contributed by atoms with van der Waals surface area (Å²) in [7, 11) is 1.29. The molecule has 1 amide bonds. The van der Waals surface area contributed by atoms with Gasteiger partial charge in [-0.15, -0.1) is 0 Å². The minimum Gasteiger partial charge on any atom is -0.481 e. The van der Waals surface area contributed by atoms with Gasteiger partial charge in [0.15, 0.2) is 11.9 Å². The van der Waals surface area contributed by atoms with Gasteiger partial charge in [-0.1, -0.05) is 6.07 Å². The van der Waals surface area contributed by atoms with Crippen molar-refractivity contribution < 1.29 is 23.9 Å². The van der Waals surface area contributed by atoms with Gasteiger partial charge in [0.2, 0.25) is 0 Å². The molecule has 0 unspecified atom stereocenters. The van der Waals surface area contributed by atoms with Crippen LogP contribution >= 0.6 is 0 Å². The molecule has 130 valence electrons. The number of esters is 1. The molecule has 25 heavy (non-hydrogen) atoms. The van der Waals surface area contributed by atoms with Crippen molar-refractivity contribution in [3.63, 3.8) is 0 Å². The molecule has 0 radical (unpaired) electrons. The van der Waals surface area contributed by atoms with E-state index < -0.39 is 12.1 Å². The summed E-state index contributed by atoms with van der Waals surface area (Å²) >= 11 is 0. The number of carbonyl (C=O) groups is 3. The Bertz CT molecular complexity index is 783. The average Bonchev–Trinajstić information content (AvgIpc) is 2.61. The molecule has 0 aliphatic carbocycles. The number of methoxy groups -OCH3 is 1. The molecule has 1 atom stereocenters. The van der Waals surface area contributed by atoms with Crippen LogP contribution in [0.15, 0.2) is 48.5 Å². The minimum atomic E-state index is -0.759. The summed E-state index contributed by atoms with van der Waals surface area (Å²) in [6, 6.07) is 13.0. The number of nitrogens with one attached hydrogen (secondary N) is 1. The van der Waals surface area contributed by atoms with Gasteiger partial charge in [0.25, 0.3) is 5.91 Å². The normalized spacial score (nSPS) is 11.3. The molecule has 2 aromatic rings. The fourth-order valence-corrected chi connectivity index (χ4v) is 2.11. The Balaban J connectivity index is 2.00. The number of amides is 1. The number of hydrogen-bond acceptors (Lipinski definition) is 5. The third-order valence-corrected chi connectivity index (χ3v) is 3.49. The largest absolute Gasteiger partial charge is 0.481 e. The molecule has 6 heteroatoms. The monoisotopic (exact) mass is 341 g/mol. The lowest BCUT2D eigenvalue weighted by Crippen LogP contribution is -2.30. The number of ketones is 1. The predicted octanol–water partition coefficient (Wildman–Crippen LogP) is 3.08. The number of benzene rings is 2. The van der Waals surface area contributed by atoms with Crippen LogP contribution in [0.3, 0.4) is 0 Å². The molecule has 0 aliphatic heterocycles. The fraction of sp³-hybridized carbons (Fsp3) is 0.211. The lowest BCUT2D eigenvalue weighted by molar-refractivity contribution is -0.122. The predicted molar refractivity (Wildman–Crippen MR) is 92.9 cm³/mol. The molecule has 0 aromatic heterocycles. The van der Waals surface area contributed by atoms with E-state index >= 15 is 0 Å². The van der Waals surface area contributed by atoms with E-state index in [0.29, 0.717) is 22.6 Å². The van der Waals surface area contributed by atoms with Crippen LogP contribution in [0.1, 0.15) is 34.6 Å². The maximum Gasteiger partial charge on any atom is 0.337 e. The van der Waals surface area contributed by atoms with Gasteiger partial charge < -0.3 is 14.8 Å². The van der Waals surface area contributed by atoms with E-state index in [0.717, 1.165) is 0 Å². The Morgan fingerprint density at radius 2 is 1.68 bits per heavy atom. The number of carbonyl (C=O) groups excluding carboxylic acids is 3. The van der Waals surface area contributed by atoms with Crippen molar-refractivity contribution >= 4 is 23.3 Å². The summed E-state index contributed by atoms with van der Waals surface area (Å²) in [5, 5.41) is 2.69. The van der Waals surface area contributed by atoms with E-state index in [2.05, 4.69) is 10.1 Å². The highest BCUT2D eigenvalue weighted by molar-refractivity contribution is 5.96. The summed E-state index contributed by atoms with van der Waals surface area (Å²) in [6.07, 6.45) is -0.759. The van der Waals surface area contributed by atoms with E-state index in [4.69, 9.17) is 4.74 Å². The van der Waals surface area contributed by atoms with Gasteiger partial charge in [-0.3, -0.25) is 9.59 Å². The highest BCUT2D eigenvalue weighted by Crippen LogP contribution is 2.16. The standard InChI is InChI=1S/C19H19NO5/c1-12(21)14-7-9-17(10-8-14)25-13(2)18(22)20-16-6-4-5-15(11-16)19(23)24-3/h4-11,13H,1-3H3,(H,20,22)/t13-/m1/s1. The van der Waals surface area contributed by atoms with Gasteiger partial charge in [-0.2, -0.15) is 0 Å². The molecule has 0 fully saturated rings. The first-order valence-electron chi connectivity index (χ1n) is 7.67. The quantitative estimate of drug-likeness (QED) is 0.645. The van der Waals surface area contributed by atoms with Crippen molar-refractivity contribution in [1.29, 1.82) is 0 Å². The van der Waals surface area contributed by atoms with Crippen molar-refractivity contribution in [2.45, 2.75) is 20.0 Å². The molecule has 1 N–H and O–H groups in total. The summed E-state index contributed by atoms with van der Waals surface area (Å²) < 4.78 is 10.2. The summed E-state index contributed by atoms with van der Waals surface area (Å²) in [4.78, 5) is 35.0. The third kappa shape index (κ3) is 4.91. The molecule has 6 nitrogen and oxygen atoms in total. The second-order valence-corrected chi connectivity index (χ2v) is 5.40. The van der Waals surface area contributed by atoms with Gasteiger partial charge >= 0.3 is 5.97 Å². The summed E-state index contributed by atoms with van der Waals surface area (Å²) in [6.45, 7) is 3.09. The SMILES string of the molecule is COC(=O)c1cccc(NC(=O)[C@@H](C)Oc2ccc(C(C)=O)cc2)c1. The maximum absolute atomic E-state index is 12.2. The Morgan fingerprint density at radius 1 is 1.00 bits per heavy atom. The van der Waals surface area contributed by atoms with E-state index in [1.165, 1.54) is 20.1 Å². The highest BCUT2D eigenvalue weighted by Gasteiger charge is 2.16. The molecule has 0 bridgehead atoms. The zero-order valence-electron chi connectivity index (χ0n) is 14.2. The van der Waals surface area contributed by atoms with E-state index in [1.54, 1.807) is 49.4 Å². The molecule has 2 rings (SSSR count). The van der Waals surface area contributed by atoms with E-state index in [-0.39, 0.29) is 11.7 Å². The number of Topliss-reactive ketones (excluding diaryl/α,β-unsaturated/α-hetero) is 1. The molecule has 0 heterocycles. The zero-order chi connectivity index (χ0) is 18.4. The molecular weight excluding hydrogens is 322 g/mol. The lowest BCUT2D eigenvalue weighted by Gasteiger charge is -2.15. The maximum atomic E-state index is 12.2. The Morgan fingerprint density at radius 3 is 2.28 bits per heavy atom. The van der Waals surface area contributed by atoms with Crippen LogP contribution in [0.5, 0.6) is 5.75 Å². The van der Waals surface area contributed by atoms with Crippen LogP contribution in [0.25, 0.3) is 0 Å². The summed E-state index contributed by atoms with van der Waals surface area (Å²) in [5.74, 6) is -0.401. The van der Waals surface area contributed by atoms with E-state index in [9.17, 15) is 14.4 Å². The van der Waals surface area contributed by atoms with Crippen molar-refractivity contribution in [2.24, 2.45) is 0 Å². The minimum absolute atomic E-state index is 0.0390. The molecule has 0 spiro atoms. The smallest absolute Gasteiger partial charge is 0.337 e. The lowest BCUT2D eigenvalue weighted by atomic mass is 10.1. The topological polar surface area (TPSA) is 81.7 Å². The summed E-state index contributed by atoms with van der Waals surface area (Å²) in [5.41, 5.74) is 1.38. The first-order chi connectivity index (χ1) is 11.9. The number of hydrogen-bond donors (Lipinski definition) is 1. The second kappa shape index (κ2) is 8.10. The Kier molecular flexibility index (Phi) is 5.89. The number of rotatable bonds is 6. The van der Waals surface area contributed by atoms with Crippen LogP contribution in [0.2, 0.25) is 0 Å². The first kappa shape index (κ1) is 18.2.